The van der Waals surface area contributed by atoms with Crippen molar-refractivity contribution in [2.75, 3.05) is 17.7 Å². The van der Waals surface area contributed by atoms with Crippen LogP contribution in [0, 0.1) is 5.41 Å². The van der Waals surface area contributed by atoms with Gasteiger partial charge in [0.05, 0.1) is 11.4 Å². The number of amides is 2. The fourth-order valence-corrected chi connectivity index (χ4v) is 1.89. The number of hydrogen-bond donors (Lipinski definition) is 4. The average Bonchev–Trinajstić information content (AvgIpc) is 2.42. The highest BCUT2D eigenvalue weighted by atomic mass is 16.5. The predicted octanol–water partition coefficient (Wildman–Crippen LogP) is 1.85. The summed E-state index contributed by atoms with van der Waals surface area (Å²) in [5, 5.41) is 3.31. The monoisotopic (exact) mass is 320 g/mol. The molecule has 1 aromatic carbocycles. The molecule has 1 unspecified atom stereocenters. The largest absolute Gasteiger partial charge is 0.445 e. The molecular weight excluding hydrogens is 296 g/mol. The molecule has 0 aliphatic rings. The minimum atomic E-state index is -0.818. The van der Waals surface area contributed by atoms with Crippen molar-refractivity contribution in [1.82, 2.24) is 0 Å². The van der Waals surface area contributed by atoms with E-state index in [1.807, 2.05) is 6.08 Å². The van der Waals surface area contributed by atoms with E-state index in [0.717, 1.165) is 0 Å². The number of anilines is 2. The summed E-state index contributed by atoms with van der Waals surface area (Å²) >= 11 is 0. The second-order valence-corrected chi connectivity index (χ2v) is 6.21. The number of nitrogen functional groups attached to an aromatic ring is 1. The third-order valence-electron chi connectivity index (χ3n) is 3.23. The van der Waals surface area contributed by atoms with Gasteiger partial charge in [0, 0.05) is 11.6 Å². The van der Waals surface area contributed by atoms with E-state index in [1.165, 1.54) is 6.07 Å². The first-order valence-corrected chi connectivity index (χ1v) is 7.16. The lowest BCUT2D eigenvalue weighted by Gasteiger charge is -2.30. The molecule has 0 aromatic heterocycles. The Kier molecular flexibility index (Phi) is 6.01. The molecule has 0 fully saturated rings. The first-order chi connectivity index (χ1) is 10.6. The molecule has 0 bridgehead atoms. The maximum atomic E-state index is 11.2. The first kappa shape index (κ1) is 18.3. The van der Waals surface area contributed by atoms with Crippen LogP contribution in [0.15, 0.2) is 30.4 Å². The predicted molar refractivity (Wildman–Crippen MR) is 90.9 cm³/mol. The summed E-state index contributed by atoms with van der Waals surface area (Å²) < 4.78 is 4.67. The normalized spacial score (nSPS) is 12.8. The number of ether oxygens (including phenoxy) is 1. The van der Waals surface area contributed by atoms with Crippen LogP contribution in [0.5, 0.6) is 0 Å². The molecule has 1 rings (SSSR count). The van der Waals surface area contributed by atoms with Crippen molar-refractivity contribution >= 4 is 23.4 Å². The standard InChI is InChI=1S/C16H24N4O3/c1-16(2,3)13(5-4-8-23-15(19)22)20-12-7-6-10(14(18)21)9-11(12)17/h4-7,9,13,20H,8,17H2,1-3H3,(H2,18,21)(H2,19,22). The molecular formula is C16H24N4O3. The SMILES string of the molecule is CC(C)(C)C(C=CCOC(N)=O)Nc1ccc(C(N)=O)cc1N. The van der Waals surface area contributed by atoms with Crippen LogP contribution < -0.4 is 22.5 Å². The molecule has 0 saturated heterocycles. The highest BCUT2D eigenvalue weighted by molar-refractivity contribution is 5.94. The zero-order valence-electron chi connectivity index (χ0n) is 13.6. The first-order valence-electron chi connectivity index (χ1n) is 7.16. The van der Waals surface area contributed by atoms with Gasteiger partial charge in [-0.2, -0.15) is 0 Å². The average molecular weight is 320 g/mol. The van der Waals surface area contributed by atoms with Crippen molar-refractivity contribution in [3.05, 3.63) is 35.9 Å². The van der Waals surface area contributed by atoms with Gasteiger partial charge in [-0.05, 0) is 29.7 Å². The van der Waals surface area contributed by atoms with Crippen LogP contribution in [0.4, 0.5) is 16.2 Å². The number of carbonyl (C=O) groups excluding carboxylic acids is 2. The van der Waals surface area contributed by atoms with Crippen molar-refractivity contribution < 1.29 is 14.3 Å². The molecule has 0 saturated carbocycles. The number of nitrogens with two attached hydrogens (primary N) is 3. The fraction of sp³-hybridized carbons (Fsp3) is 0.375. The van der Waals surface area contributed by atoms with Gasteiger partial charge in [-0.15, -0.1) is 0 Å². The van der Waals surface area contributed by atoms with E-state index < -0.39 is 12.0 Å². The third-order valence-corrected chi connectivity index (χ3v) is 3.23. The van der Waals surface area contributed by atoms with Crippen molar-refractivity contribution in [1.29, 1.82) is 0 Å². The van der Waals surface area contributed by atoms with E-state index in [0.29, 0.717) is 16.9 Å². The molecule has 23 heavy (non-hydrogen) atoms. The Morgan fingerprint density at radius 2 is 1.96 bits per heavy atom. The van der Waals surface area contributed by atoms with Crippen molar-refractivity contribution in [3.63, 3.8) is 0 Å². The van der Waals surface area contributed by atoms with Crippen LogP contribution in [0.1, 0.15) is 31.1 Å². The number of hydrogen-bond acceptors (Lipinski definition) is 5. The van der Waals surface area contributed by atoms with Crippen LogP contribution in [0.3, 0.4) is 0 Å². The Labute approximate surface area is 135 Å². The quantitative estimate of drug-likeness (QED) is 0.469. The molecule has 7 nitrogen and oxygen atoms in total. The van der Waals surface area contributed by atoms with E-state index in [2.05, 4.69) is 30.8 Å². The van der Waals surface area contributed by atoms with E-state index in [9.17, 15) is 9.59 Å². The molecule has 7 N–H and O–H groups in total. The van der Waals surface area contributed by atoms with E-state index in [-0.39, 0.29) is 18.1 Å². The maximum absolute atomic E-state index is 11.2. The highest BCUT2D eigenvalue weighted by Crippen LogP contribution is 2.27. The number of nitrogens with one attached hydrogen (secondary N) is 1. The summed E-state index contributed by atoms with van der Waals surface area (Å²) in [5.41, 5.74) is 17.5. The molecule has 1 aromatic rings. The Morgan fingerprint density at radius 1 is 1.30 bits per heavy atom. The summed E-state index contributed by atoms with van der Waals surface area (Å²) in [7, 11) is 0. The second-order valence-electron chi connectivity index (χ2n) is 6.21. The van der Waals surface area contributed by atoms with Gasteiger partial charge in [-0.3, -0.25) is 4.79 Å². The van der Waals surface area contributed by atoms with Gasteiger partial charge in [0.25, 0.3) is 0 Å². The van der Waals surface area contributed by atoms with Crippen LogP contribution in [0.2, 0.25) is 0 Å². The van der Waals surface area contributed by atoms with Crippen LogP contribution in [-0.4, -0.2) is 24.6 Å². The fourth-order valence-electron chi connectivity index (χ4n) is 1.89. The lowest BCUT2D eigenvalue weighted by molar-refractivity contribution is 0.1000. The van der Waals surface area contributed by atoms with E-state index in [1.54, 1.807) is 18.2 Å². The number of benzene rings is 1. The van der Waals surface area contributed by atoms with Gasteiger partial charge in [0.15, 0.2) is 0 Å². The van der Waals surface area contributed by atoms with Crippen molar-refractivity contribution in [3.8, 4) is 0 Å². The molecule has 2 amide bonds. The van der Waals surface area contributed by atoms with Gasteiger partial charge in [-0.1, -0.05) is 26.8 Å². The molecule has 0 radical (unpaired) electrons. The Balaban J connectivity index is 2.90. The highest BCUT2D eigenvalue weighted by Gasteiger charge is 2.22. The second kappa shape index (κ2) is 7.53. The molecule has 0 aliphatic carbocycles. The summed E-state index contributed by atoms with van der Waals surface area (Å²) in [6.07, 6.45) is 2.77. The summed E-state index contributed by atoms with van der Waals surface area (Å²) in [6.45, 7) is 6.26. The number of rotatable bonds is 6. The smallest absolute Gasteiger partial charge is 0.404 e. The summed E-state index contributed by atoms with van der Waals surface area (Å²) in [4.78, 5) is 21.7. The van der Waals surface area contributed by atoms with Gasteiger partial charge in [0.1, 0.15) is 6.61 Å². The van der Waals surface area contributed by atoms with Crippen LogP contribution >= 0.6 is 0 Å². The van der Waals surface area contributed by atoms with Gasteiger partial charge >= 0.3 is 6.09 Å². The molecule has 0 aliphatic heterocycles. The molecule has 0 spiro atoms. The lowest BCUT2D eigenvalue weighted by atomic mass is 9.86. The van der Waals surface area contributed by atoms with Crippen molar-refractivity contribution in [2.24, 2.45) is 16.9 Å². The molecule has 126 valence electrons. The lowest BCUT2D eigenvalue weighted by Crippen LogP contribution is -2.32. The van der Waals surface area contributed by atoms with Crippen LogP contribution in [0.25, 0.3) is 0 Å². The molecule has 0 heterocycles. The maximum Gasteiger partial charge on any atom is 0.404 e. The zero-order chi connectivity index (χ0) is 17.6. The number of carbonyl (C=O) groups is 2. The van der Waals surface area contributed by atoms with Gasteiger partial charge < -0.3 is 27.3 Å². The Hall–Kier alpha value is -2.70. The summed E-state index contributed by atoms with van der Waals surface area (Å²) in [6, 6.07) is 4.77. The van der Waals surface area contributed by atoms with Crippen molar-refractivity contribution in [2.45, 2.75) is 26.8 Å². The van der Waals surface area contributed by atoms with E-state index >= 15 is 0 Å². The third kappa shape index (κ3) is 5.90. The molecule has 7 heteroatoms. The van der Waals surface area contributed by atoms with Gasteiger partial charge in [0.2, 0.25) is 5.91 Å². The Morgan fingerprint density at radius 3 is 2.43 bits per heavy atom. The Bertz CT molecular complexity index is 606. The summed E-state index contributed by atoms with van der Waals surface area (Å²) in [5.74, 6) is -0.529. The molecule has 1 atom stereocenters. The van der Waals surface area contributed by atoms with E-state index in [4.69, 9.17) is 17.2 Å². The van der Waals surface area contributed by atoms with Crippen LogP contribution in [-0.2, 0) is 4.74 Å². The topological polar surface area (TPSA) is 133 Å². The minimum Gasteiger partial charge on any atom is -0.445 e. The minimum absolute atomic E-state index is 0.0827. The zero-order valence-corrected chi connectivity index (χ0v) is 13.6. The van der Waals surface area contributed by atoms with Gasteiger partial charge in [-0.25, -0.2) is 4.79 Å². The number of primary amides is 2.